The van der Waals surface area contributed by atoms with Gasteiger partial charge in [0.05, 0.1) is 0 Å². The molecule has 6 heteroatoms. The maximum Gasteiger partial charge on any atom is 0.259 e. The fourth-order valence-electron chi connectivity index (χ4n) is 1.98. The van der Waals surface area contributed by atoms with E-state index in [1.165, 1.54) is 0 Å². The molecular weight excluding hydrogens is 316 g/mol. The van der Waals surface area contributed by atoms with Gasteiger partial charge in [0.1, 0.15) is 11.3 Å². The largest absolute Gasteiger partial charge is 0.458 e. The van der Waals surface area contributed by atoms with Crippen LogP contribution >= 0.6 is 28.1 Å². The molecule has 1 unspecified atom stereocenters. The predicted octanol–water partition coefficient (Wildman–Crippen LogP) is 2.41. The number of fused-ring (bicyclic) bond motifs is 1. The standard InChI is InChI=1S/C12H9BrN2O2S/c1-12(10(16)14-11(18)15-12)9-5-6-4-7(13)2-3-8(6)17-9/h2-5H,1H3,(H2,14,15,16,18). The molecule has 0 spiro atoms. The van der Waals surface area contributed by atoms with Crippen LogP contribution in [-0.2, 0) is 10.3 Å². The number of thiocarbonyl (C=S) groups is 1. The second kappa shape index (κ2) is 3.80. The summed E-state index contributed by atoms with van der Waals surface area (Å²) in [5, 5.41) is 6.77. The molecule has 18 heavy (non-hydrogen) atoms. The van der Waals surface area contributed by atoms with Crippen molar-refractivity contribution in [2.75, 3.05) is 0 Å². The van der Waals surface area contributed by atoms with Gasteiger partial charge in [-0.25, -0.2) is 0 Å². The van der Waals surface area contributed by atoms with E-state index in [0.717, 1.165) is 15.4 Å². The van der Waals surface area contributed by atoms with E-state index in [1.54, 1.807) is 6.92 Å². The highest BCUT2D eigenvalue weighted by Gasteiger charge is 2.44. The lowest BCUT2D eigenvalue weighted by atomic mass is 9.99. The van der Waals surface area contributed by atoms with Crippen LogP contribution in [0.15, 0.2) is 33.2 Å². The summed E-state index contributed by atoms with van der Waals surface area (Å²) in [5.74, 6) is 0.346. The molecule has 4 nitrogen and oxygen atoms in total. The van der Waals surface area contributed by atoms with Gasteiger partial charge >= 0.3 is 0 Å². The molecule has 1 saturated heterocycles. The Kier molecular flexibility index (Phi) is 2.46. The number of halogens is 1. The number of carbonyl (C=O) groups excluding carboxylic acids is 1. The van der Waals surface area contributed by atoms with Crippen LogP contribution in [-0.4, -0.2) is 11.0 Å². The maximum absolute atomic E-state index is 11.9. The van der Waals surface area contributed by atoms with Crippen LogP contribution < -0.4 is 10.6 Å². The highest BCUT2D eigenvalue weighted by molar-refractivity contribution is 9.10. The SMILES string of the molecule is CC1(c2cc3cc(Br)ccc3o2)NC(=S)NC1=O. The molecule has 0 radical (unpaired) electrons. The Hall–Kier alpha value is -1.40. The molecule has 1 aromatic heterocycles. The van der Waals surface area contributed by atoms with Gasteiger partial charge in [-0.3, -0.25) is 4.79 Å². The van der Waals surface area contributed by atoms with E-state index in [0.29, 0.717) is 10.9 Å². The average molecular weight is 325 g/mol. The summed E-state index contributed by atoms with van der Waals surface area (Å²) < 4.78 is 6.69. The van der Waals surface area contributed by atoms with E-state index < -0.39 is 5.54 Å². The third-order valence-electron chi connectivity index (χ3n) is 3.02. The van der Waals surface area contributed by atoms with Crippen molar-refractivity contribution in [1.82, 2.24) is 10.6 Å². The number of amides is 1. The zero-order chi connectivity index (χ0) is 12.9. The topological polar surface area (TPSA) is 54.3 Å². The van der Waals surface area contributed by atoms with Crippen LogP contribution in [0.2, 0.25) is 0 Å². The van der Waals surface area contributed by atoms with Crippen molar-refractivity contribution in [3.05, 3.63) is 34.5 Å². The second-order valence-corrected chi connectivity index (χ2v) is 5.65. The monoisotopic (exact) mass is 324 g/mol. The first-order chi connectivity index (χ1) is 8.49. The number of furan rings is 1. The number of nitrogens with one attached hydrogen (secondary N) is 2. The molecule has 1 aliphatic rings. The van der Waals surface area contributed by atoms with E-state index in [1.807, 2.05) is 24.3 Å². The lowest BCUT2D eigenvalue weighted by Gasteiger charge is -2.17. The van der Waals surface area contributed by atoms with Gasteiger partial charge in [0.25, 0.3) is 5.91 Å². The van der Waals surface area contributed by atoms with Crippen LogP contribution in [0.3, 0.4) is 0 Å². The summed E-state index contributed by atoms with van der Waals surface area (Å²) in [5.41, 5.74) is -0.204. The third kappa shape index (κ3) is 1.64. The summed E-state index contributed by atoms with van der Waals surface area (Å²) in [6.07, 6.45) is 0. The minimum Gasteiger partial charge on any atom is -0.458 e. The highest BCUT2D eigenvalue weighted by Crippen LogP contribution is 2.31. The van der Waals surface area contributed by atoms with Crippen LogP contribution in [0.4, 0.5) is 0 Å². The van der Waals surface area contributed by atoms with Crippen molar-refractivity contribution in [2.45, 2.75) is 12.5 Å². The minimum absolute atomic E-state index is 0.203. The van der Waals surface area contributed by atoms with Gasteiger partial charge in [-0.15, -0.1) is 0 Å². The van der Waals surface area contributed by atoms with Crippen LogP contribution in [0.1, 0.15) is 12.7 Å². The number of hydrogen-bond acceptors (Lipinski definition) is 3. The molecule has 1 amide bonds. The van der Waals surface area contributed by atoms with Crippen LogP contribution in [0.25, 0.3) is 11.0 Å². The van der Waals surface area contributed by atoms with E-state index in [2.05, 4.69) is 26.6 Å². The molecule has 92 valence electrons. The Morgan fingerprint density at radius 2 is 2.17 bits per heavy atom. The van der Waals surface area contributed by atoms with Crippen LogP contribution in [0.5, 0.6) is 0 Å². The molecule has 1 aliphatic heterocycles. The van der Waals surface area contributed by atoms with Crippen molar-refractivity contribution in [1.29, 1.82) is 0 Å². The highest BCUT2D eigenvalue weighted by atomic mass is 79.9. The minimum atomic E-state index is -0.942. The van der Waals surface area contributed by atoms with Gasteiger partial charge in [0.2, 0.25) is 0 Å². The van der Waals surface area contributed by atoms with Crippen molar-refractivity contribution in [3.8, 4) is 0 Å². The first-order valence-corrected chi connectivity index (χ1v) is 6.52. The first kappa shape index (κ1) is 11.7. The zero-order valence-corrected chi connectivity index (χ0v) is 11.8. The summed E-state index contributed by atoms with van der Waals surface area (Å²) in [7, 11) is 0. The zero-order valence-electron chi connectivity index (χ0n) is 9.41. The summed E-state index contributed by atoms with van der Waals surface area (Å²) in [6.45, 7) is 1.74. The van der Waals surface area contributed by atoms with E-state index >= 15 is 0 Å². The molecule has 0 bridgehead atoms. The van der Waals surface area contributed by atoms with Crippen molar-refractivity contribution in [2.24, 2.45) is 0 Å². The van der Waals surface area contributed by atoms with Gasteiger partial charge in [0, 0.05) is 9.86 Å². The number of benzene rings is 1. The Morgan fingerprint density at radius 3 is 2.83 bits per heavy atom. The molecule has 2 N–H and O–H groups in total. The van der Waals surface area contributed by atoms with Crippen molar-refractivity contribution in [3.63, 3.8) is 0 Å². The fourth-order valence-corrected chi connectivity index (χ4v) is 2.65. The van der Waals surface area contributed by atoms with Gasteiger partial charge in [-0.05, 0) is 43.4 Å². The van der Waals surface area contributed by atoms with Crippen molar-refractivity contribution >= 4 is 50.1 Å². The maximum atomic E-state index is 11.9. The number of carbonyl (C=O) groups is 1. The lowest BCUT2D eigenvalue weighted by molar-refractivity contribution is -0.124. The van der Waals surface area contributed by atoms with Crippen LogP contribution in [0, 0.1) is 0 Å². The van der Waals surface area contributed by atoms with Gasteiger partial charge < -0.3 is 15.1 Å². The van der Waals surface area contributed by atoms with E-state index in [4.69, 9.17) is 16.6 Å². The average Bonchev–Trinajstić information content (AvgIpc) is 2.81. The molecule has 1 aromatic carbocycles. The van der Waals surface area contributed by atoms with Gasteiger partial charge in [-0.1, -0.05) is 15.9 Å². The Bertz CT molecular complexity index is 682. The summed E-state index contributed by atoms with van der Waals surface area (Å²) in [4.78, 5) is 11.9. The number of rotatable bonds is 1. The summed E-state index contributed by atoms with van der Waals surface area (Å²) >= 11 is 8.36. The Balaban J connectivity index is 2.14. The molecule has 1 fully saturated rings. The molecule has 2 heterocycles. The molecular formula is C12H9BrN2O2S. The molecule has 0 aliphatic carbocycles. The molecule has 3 rings (SSSR count). The fraction of sp³-hybridized carbons (Fsp3) is 0.167. The lowest BCUT2D eigenvalue weighted by Crippen LogP contribution is -2.40. The smallest absolute Gasteiger partial charge is 0.259 e. The normalized spacial score (nSPS) is 23.2. The van der Waals surface area contributed by atoms with Gasteiger partial charge in [0.15, 0.2) is 10.7 Å². The first-order valence-electron chi connectivity index (χ1n) is 5.32. The quantitative estimate of drug-likeness (QED) is 0.791. The van der Waals surface area contributed by atoms with Gasteiger partial charge in [-0.2, -0.15) is 0 Å². The predicted molar refractivity (Wildman–Crippen MR) is 75.1 cm³/mol. The number of hydrogen-bond donors (Lipinski definition) is 2. The second-order valence-electron chi connectivity index (χ2n) is 4.33. The van der Waals surface area contributed by atoms with E-state index in [-0.39, 0.29) is 5.91 Å². The Morgan fingerprint density at radius 1 is 1.39 bits per heavy atom. The third-order valence-corrected chi connectivity index (χ3v) is 3.71. The van der Waals surface area contributed by atoms with E-state index in [9.17, 15) is 4.79 Å². The molecule has 2 aromatic rings. The Labute approximate surface area is 117 Å². The van der Waals surface area contributed by atoms with Crippen molar-refractivity contribution < 1.29 is 9.21 Å². The summed E-state index contributed by atoms with van der Waals surface area (Å²) in [6, 6.07) is 7.54. The molecule has 0 saturated carbocycles. The molecule has 1 atom stereocenters.